The Morgan fingerprint density at radius 2 is 1.34 bits per heavy atom. The van der Waals surface area contributed by atoms with Crippen LogP contribution in [-0.4, -0.2) is 12.7 Å². The largest absolute Gasteiger partial charge is 0.378 e. The maximum atomic E-state index is 12.1. The zero-order chi connectivity index (χ0) is 22.6. The van der Waals surface area contributed by atoms with Crippen LogP contribution in [0.2, 0.25) is 0 Å². The number of allylic oxidation sites excluding steroid dienone is 2. The topological polar surface area (TPSA) is 9.23 Å². The molecule has 0 radical (unpaired) electrons. The Morgan fingerprint density at radius 3 is 1.88 bits per heavy atom. The lowest BCUT2D eigenvalue weighted by Gasteiger charge is -2.38. The van der Waals surface area contributed by atoms with Gasteiger partial charge in [-0.25, -0.2) is 0 Å². The first-order valence-electron chi connectivity index (χ1n) is 13.9. The Labute approximate surface area is 196 Å². The van der Waals surface area contributed by atoms with Crippen LogP contribution in [0.5, 0.6) is 0 Å². The summed E-state index contributed by atoms with van der Waals surface area (Å²) in [6.07, 6.45) is 26.5. The predicted octanol–water partition coefficient (Wildman–Crippen LogP) is 9.48. The van der Waals surface area contributed by atoms with Gasteiger partial charge in [0, 0.05) is 5.92 Å². The lowest BCUT2D eigenvalue weighted by atomic mass is 9.68. The first-order valence-corrected chi connectivity index (χ1v) is 13.9. The summed E-state index contributed by atoms with van der Waals surface area (Å²) in [5, 5.41) is 0. The molecule has 3 rings (SSSR count). The summed E-state index contributed by atoms with van der Waals surface area (Å²) < 4.78 is 30.4. The molecule has 1 saturated heterocycles. The molecule has 2 saturated carbocycles. The van der Waals surface area contributed by atoms with E-state index in [1.807, 2.05) is 0 Å². The molecule has 0 spiro atoms. The maximum absolute atomic E-state index is 12.1. The van der Waals surface area contributed by atoms with Gasteiger partial charge >= 0.3 is 0 Å². The molecule has 3 heteroatoms. The van der Waals surface area contributed by atoms with Crippen molar-refractivity contribution >= 4 is 0 Å². The lowest BCUT2D eigenvalue weighted by Crippen LogP contribution is -2.26. The van der Waals surface area contributed by atoms with Gasteiger partial charge in [-0.05, 0) is 94.5 Å². The predicted molar refractivity (Wildman–Crippen MR) is 131 cm³/mol. The van der Waals surface area contributed by atoms with Crippen LogP contribution in [-0.2, 0) is 4.74 Å². The van der Waals surface area contributed by atoms with Crippen LogP contribution >= 0.6 is 0 Å². The van der Waals surface area contributed by atoms with Gasteiger partial charge in [0.15, 0.2) is 0 Å². The van der Waals surface area contributed by atoms with E-state index in [0.29, 0.717) is 18.4 Å². The number of unbranched alkanes of at least 4 members (excludes halogenated alkanes) is 2. The quantitative estimate of drug-likeness (QED) is 0.225. The fraction of sp³-hybridized carbons (Fsp3) is 0.862. The van der Waals surface area contributed by atoms with E-state index in [4.69, 9.17) is 4.74 Å². The third-order valence-electron chi connectivity index (χ3n) is 8.82. The fourth-order valence-corrected chi connectivity index (χ4v) is 6.80. The molecule has 1 aliphatic heterocycles. The van der Waals surface area contributed by atoms with E-state index >= 15 is 0 Å². The molecular weight excluding hydrogens is 402 g/mol. The molecule has 2 atom stereocenters. The van der Waals surface area contributed by atoms with Gasteiger partial charge in [0.05, 0.1) is 12.7 Å². The van der Waals surface area contributed by atoms with E-state index in [0.717, 1.165) is 49.2 Å². The lowest BCUT2D eigenvalue weighted by molar-refractivity contribution is -0.00961. The van der Waals surface area contributed by atoms with Gasteiger partial charge in [-0.2, -0.15) is 8.78 Å². The highest BCUT2D eigenvalue weighted by Gasteiger charge is 2.30. The first kappa shape index (κ1) is 25.9. The number of ether oxygens (including phenoxy) is 1. The van der Waals surface area contributed by atoms with Gasteiger partial charge in [-0.3, -0.25) is 0 Å². The molecule has 0 amide bonds. The first-order chi connectivity index (χ1) is 15.6. The minimum atomic E-state index is -1.51. The van der Waals surface area contributed by atoms with E-state index in [1.54, 1.807) is 0 Å². The fourth-order valence-electron chi connectivity index (χ4n) is 6.80. The molecule has 1 nitrogen and oxygen atoms in total. The second-order valence-corrected chi connectivity index (χ2v) is 11.1. The van der Waals surface area contributed by atoms with Crippen LogP contribution in [0.25, 0.3) is 0 Å². The Hall–Kier alpha value is -0.700. The molecule has 0 aromatic heterocycles. The molecule has 32 heavy (non-hydrogen) atoms. The van der Waals surface area contributed by atoms with E-state index in [2.05, 4.69) is 19.1 Å². The van der Waals surface area contributed by atoms with Crippen molar-refractivity contribution in [3.05, 3.63) is 24.3 Å². The van der Waals surface area contributed by atoms with E-state index in [-0.39, 0.29) is 0 Å². The van der Waals surface area contributed by atoms with Gasteiger partial charge in [-0.1, -0.05) is 63.5 Å². The second kappa shape index (κ2) is 14.5. The van der Waals surface area contributed by atoms with Crippen molar-refractivity contribution in [2.24, 2.45) is 29.6 Å². The van der Waals surface area contributed by atoms with Gasteiger partial charge in [0.1, 0.15) is 0 Å². The van der Waals surface area contributed by atoms with Crippen molar-refractivity contribution in [2.45, 2.75) is 122 Å². The minimum Gasteiger partial charge on any atom is -0.378 e. The summed E-state index contributed by atoms with van der Waals surface area (Å²) in [5.74, 6) is 4.33. The van der Waals surface area contributed by atoms with Crippen molar-refractivity contribution in [1.29, 1.82) is 0 Å². The average molecular weight is 451 g/mol. The highest BCUT2D eigenvalue weighted by atomic mass is 19.3. The molecule has 0 N–H and O–H groups in total. The normalized spacial score (nSPS) is 34.0. The van der Waals surface area contributed by atoms with Crippen LogP contribution in [0.15, 0.2) is 24.3 Å². The van der Waals surface area contributed by atoms with E-state index in [9.17, 15) is 8.78 Å². The van der Waals surface area contributed by atoms with Crippen LogP contribution in [0.1, 0.15) is 116 Å². The monoisotopic (exact) mass is 450 g/mol. The Kier molecular flexibility index (Phi) is 11.8. The van der Waals surface area contributed by atoms with Crippen LogP contribution in [0.4, 0.5) is 8.78 Å². The van der Waals surface area contributed by atoms with Gasteiger partial charge in [0.2, 0.25) is 0 Å². The van der Waals surface area contributed by atoms with Gasteiger partial charge < -0.3 is 4.74 Å². The van der Waals surface area contributed by atoms with Crippen LogP contribution < -0.4 is 0 Å². The summed E-state index contributed by atoms with van der Waals surface area (Å²) >= 11 is 0. The summed E-state index contributed by atoms with van der Waals surface area (Å²) in [7, 11) is 0. The molecule has 2 unspecified atom stereocenters. The molecule has 0 aromatic carbocycles. The molecule has 2 aliphatic carbocycles. The number of halogens is 2. The molecule has 1 heterocycles. The van der Waals surface area contributed by atoms with Crippen LogP contribution in [0.3, 0.4) is 0 Å². The molecule has 0 aromatic rings. The van der Waals surface area contributed by atoms with E-state index < -0.39 is 6.08 Å². The maximum Gasteiger partial charge on any atom is 0.266 e. The minimum absolute atomic E-state index is 0.517. The number of rotatable bonds is 11. The Morgan fingerprint density at radius 1 is 0.750 bits per heavy atom. The Bertz CT molecular complexity index is 544. The average Bonchev–Trinajstić information content (AvgIpc) is 2.81. The summed E-state index contributed by atoms with van der Waals surface area (Å²) in [4.78, 5) is 0. The standard InChI is InChI=1S/C29H48F2O/c1-2-7-25-16-21-28(32-22-25)10-5-3-8-23-12-17-26(18-13-23)27-19-14-24(15-20-27)9-4-6-11-29(30)31/h2,7,11,23-28H,3-6,8-10,12-22H2,1H3. The third kappa shape index (κ3) is 9.27. The summed E-state index contributed by atoms with van der Waals surface area (Å²) in [6, 6.07) is 0. The molecule has 184 valence electrons. The van der Waals surface area contributed by atoms with E-state index in [1.165, 1.54) is 89.9 Å². The highest BCUT2D eigenvalue weighted by Crippen LogP contribution is 2.43. The molecule has 3 aliphatic rings. The molecule has 3 fully saturated rings. The van der Waals surface area contributed by atoms with Crippen molar-refractivity contribution in [3.63, 3.8) is 0 Å². The van der Waals surface area contributed by atoms with Crippen molar-refractivity contribution in [1.82, 2.24) is 0 Å². The van der Waals surface area contributed by atoms with Crippen molar-refractivity contribution in [2.75, 3.05) is 6.61 Å². The van der Waals surface area contributed by atoms with Crippen molar-refractivity contribution in [3.8, 4) is 0 Å². The SMILES string of the molecule is CC=CC1CCC(CCCCC2CCC(C3CCC(CCCC=C(F)F)CC3)CC2)OC1. The highest BCUT2D eigenvalue weighted by molar-refractivity contribution is 4.88. The summed E-state index contributed by atoms with van der Waals surface area (Å²) in [5.41, 5.74) is 0. The molecule has 0 bridgehead atoms. The number of hydrogen-bond donors (Lipinski definition) is 0. The smallest absolute Gasteiger partial charge is 0.266 e. The Balaban J connectivity index is 1.20. The third-order valence-corrected chi connectivity index (χ3v) is 8.82. The zero-order valence-electron chi connectivity index (χ0n) is 20.6. The van der Waals surface area contributed by atoms with Gasteiger partial charge in [0.25, 0.3) is 6.08 Å². The van der Waals surface area contributed by atoms with Crippen LogP contribution in [0, 0.1) is 29.6 Å². The zero-order valence-corrected chi connectivity index (χ0v) is 20.6. The second-order valence-electron chi connectivity index (χ2n) is 11.1. The van der Waals surface area contributed by atoms with Crippen molar-refractivity contribution < 1.29 is 13.5 Å². The number of hydrogen-bond acceptors (Lipinski definition) is 1. The summed E-state index contributed by atoms with van der Waals surface area (Å²) in [6.45, 7) is 3.03. The van der Waals surface area contributed by atoms with Gasteiger partial charge in [-0.15, -0.1) is 0 Å². The molecular formula is C29H48F2O.